The van der Waals surface area contributed by atoms with Crippen LogP contribution in [0.3, 0.4) is 0 Å². The predicted octanol–water partition coefficient (Wildman–Crippen LogP) is -0.310. The van der Waals surface area contributed by atoms with Gasteiger partial charge in [-0.2, -0.15) is 0 Å². The van der Waals surface area contributed by atoms with E-state index < -0.39 is 0 Å². The molecule has 2 fully saturated rings. The van der Waals surface area contributed by atoms with Gasteiger partial charge in [-0.25, -0.2) is 10.0 Å². The fourth-order valence-electron chi connectivity index (χ4n) is 1.97. The van der Waals surface area contributed by atoms with Gasteiger partial charge in [-0.15, -0.1) is 0 Å². The van der Waals surface area contributed by atoms with Crippen molar-refractivity contribution in [3.63, 3.8) is 0 Å². The van der Waals surface area contributed by atoms with Crippen LogP contribution in [0.15, 0.2) is 0 Å². The summed E-state index contributed by atoms with van der Waals surface area (Å²) in [6, 6.07) is 0. The zero-order chi connectivity index (χ0) is 9.10. The van der Waals surface area contributed by atoms with Crippen molar-refractivity contribution in [2.75, 3.05) is 39.4 Å². The van der Waals surface area contributed by atoms with Gasteiger partial charge in [0.15, 0.2) is 0 Å². The molecule has 2 rings (SSSR count). The van der Waals surface area contributed by atoms with Crippen LogP contribution in [0.2, 0.25) is 0 Å². The standard InChI is InChI=1S/C9H18N2O2/c12-9-1-3-10(4-2-9)11-5-7-13-8-6-11/h9,12H,1-8H2. The minimum Gasteiger partial charge on any atom is -0.393 e. The number of nitrogens with zero attached hydrogens (tertiary/aromatic N) is 2. The van der Waals surface area contributed by atoms with E-state index in [4.69, 9.17) is 4.74 Å². The van der Waals surface area contributed by atoms with Gasteiger partial charge in [0.2, 0.25) is 0 Å². The van der Waals surface area contributed by atoms with Gasteiger partial charge in [0.1, 0.15) is 0 Å². The lowest BCUT2D eigenvalue weighted by molar-refractivity contribution is -0.110. The van der Waals surface area contributed by atoms with Crippen molar-refractivity contribution < 1.29 is 9.84 Å². The Kier molecular flexibility index (Phi) is 3.16. The molecule has 0 unspecified atom stereocenters. The number of rotatable bonds is 1. The summed E-state index contributed by atoms with van der Waals surface area (Å²) in [5, 5.41) is 14.1. The van der Waals surface area contributed by atoms with E-state index >= 15 is 0 Å². The van der Waals surface area contributed by atoms with Gasteiger partial charge in [0.05, 0.1) is 19.3 Å². The molecular formula is C9H18N2O2. The maximum atomic E-state index is 9.36. The van der Waals surface area contributed by atoms with E-state index in [2.05, 4.69) is 10.0 Å². The Hall–Kier alpha value is -0.160. The van der Waals surface area contributed by atoms with E-state index in [1.807, 2.05) is 0 Å². The second-order valence-electron chi connectivity index (χ2n) is 3.75. The lowest BCUT2D eigenvalue weighted by atomic mass is 10.1. The number of hydrogen-bond donors (Lipinski definition) is 1. The van der Waals surface area contributed by atoms with Crippen LogP contribution >= 0.6 is 0 Å². The molecule has 2 aliphatic rings. The fourth-order valence-corrected chi connectivity index (χ4v) is 1.97. The Morgan fingerprint density at radius 2 is 1.46 bits per heavy atom. The Balaban J connectivity index is 1.79. The zero-order valence-corrected chi connectivity index (χ0v) is 7.98. The molecule has 4 nitrogen and oxygen atoms in total. The van der Waals surface area contributed by atoms with Crippen LogP contribution in [-0.4, -0.2) is 60.6 Å². The van der Waals surface area contributed by atoms with Crippen LogP contribution in [0.4, 0.5) is 0 Å². The Bertz CT molecular complexity index is 152. The number of hydrogen-bond acceptors (Lipinski definition) is 4. The van der Waals surface area contributed by atoms with Gasteiger partial charge in [-0.1, -0.05) is 0 Å². The van der Waals surface area contributed by atoms with Crippen LogP contribution in [-0.2, 0) is 4.74 Å². The lowest BCUT2D eigenvalue weighted by Gasteiger charge is -2.40. The maximum Gasteiger partial charge on any atom is 0.0608 e. The largest absolute Gasteiger partial charge is 0.393 e. The average molecular weight is 186 g/mol. The molecule has 1 N–H and O–H groups in total. The van der Waals surface area contributed by atoms with E-state index in [0.717, 1.165) is 52.2 Å². The summed E-state index contributed by atoms with van der Waals surface area (Å²) in [7, 11) is 0. The predicted molar refractivity (Wildman–Crippen MR) is 49.2 cm³/mol. The Morgan fingerprint density at radius 3 is 2.08 bits per heavy atom. The quantitative estimate of drug-likeness (QED) is 0.609. The third-order valence-corrected chi connectivity index (χ3v) is 2.83. The molecule has 0 aromatic carbocycles. The molecule has 0 aliphatic carbocycles. The molecule has 0 aromatic heterocycles. The summed E-state index contributed by atoms with van der Waals surface area (Å²) in [6.07, 6.45) is 1.76. The van der Waals surface area contributed by atoms with Gasteiger partial charge >= 0.3 is 0 Å². The summed E-state index contributed by atoms with van der Waals surface area (Å²) in [4.78, 5) is 0. The van der Waals surface area contributed by atoms with Gasteiger partial charge in [-0.3, -0.25) is 0 Å². The van der Waals surface area contributed by atoms with E-state index in [-0.39, 0.29) is 6.10 Å². The highest BCUT2D eigenvalue weighted by atomic mass is 16.5. The lowest BCUT2D eigenvalue weighted by Crippen LogP contribution is -2.52. The number of aliphatic hydroxyl groups excluding tert-OH is 1. The van der Waals surface area contributed by atoms with Crippen molar-refractivity contribution in [1.82, 2.24) is 10.0 Å². The number of piperidine rings is 1. The smallest absolute Gasteiger partial charge is 0.0608 e. The van der Waals surface area contributed by atoms with Gasteiger partial charge in [0.25, 0.3) is 0 Å². The molecule has 0 amide bonds. The van der Waals surface area contributed by atoms with Gasteiger partial charge in [-0.05, 0) is 12.8 Å². The molecular weight excluding hydrogens is 168 g/mol. The van der Waals surface area contributed by atoms with E-state index in [0.29, 0.717) is 0 Å². The van der Waals surface area contributed by atoms with Crippen LogP contribution in [0.5, 0.6) is 0 Å². The van der Waals surface area contributed by atoms with Crippen LogP contribution in [0, 0.1) is 0 Å². The van der Waals surface area contributed by atoms with Crippen LogP contribution < -0.4 is 0 Å². The number of ether oxygens (including phenoxy) is 1. The molecule has 4 heteroatoms. The fraction of sp³-hybridized carbons (Fsp3) is 1.00. The topological polar surface area (TPSA) is 35.9 Å². The Labute approximate surface area is 79.0 Å². The highest BCUT2D eigenvalue weighted by molar-refractivity contribution is 4.71. The summed E-state index contributed by atoms with van der Waals surface area (Å²) < 4.78 is 5.29. The van der Waals surface area contributed by atoms with Crippen molar-refractivity contribution in [3.05, 3.63) is 0 Å². The van der Waals surface area contributed by atoms with Gasteiger partial charge in [0, 0.05) is 26.2 Å². The van der Waals surface area contributed by atoms with Crippen LogP contribution in [0.25, 0.3) is 0 Å². The first-order valence-electron chi connectivity index (χ1n) is 5.12. The van der Waals surface area contributed by atoms with Crippen molar-refractivity contribution in [2.45, 2.75) is 18.9 Å². The normalized spacial score (nSPS) is 29.3. The molecule has 2 aliphatic heterocycles. The van der Waals surface area contributed by atoms with E-state index in [1.54, 1.807) is 0 Å². The average Bonchev–Trinajstić information content (AvgIpc) is 2.20. The first-order valence-corrected chi connectivity index (χ1v) is 5.12. The molecule has 0 atom stereocenters. The SMILES string of the molecule is OC1CCN(N2CCOCC2)CC1. The highest BCUT2D eigenvalue weighted by Crippen LogP contribution is 2.13. The molecule has 0 spiro atoms. The third-order valence-electron chi connectivity index (χ3n) is 2.83. The summed E-state index contributed by atoms with van der Waals surface area (Å²) in [5.74, 6) is 0. The molecule has 0 radical (unpaired) electrons. The zero-order valence-electron chi connectivity index (χ0n) is 7.98. The number of aliphatic hydroxyl groups is 1. The first kappa shape index (κ1) is 9.40. The third kappa shape index (κ3) is 2.40. The maximum absolute atomic E-state index is 9.36. The van der Waals surface area contributed by atoms with Crippen LogP contribution in [0.1, 0.15) is 12.8 Å². The molecule has 0 bridgehead atoms. The molecule has 2 heterocycles. The van der Waals surface area contributed by atoms with Crippen molar-refractivity contribution in [1.29, 1.82) is 0 Å². The minimum atomic E-state index is -0.0720. The van der Waals surface area contributed by atoms with E-state index in [1.165, 1.54) is 0 Å². The number of morpholine rings is 1. The molecule has 0 saturated carbocycles. The highest BCUT2D eigenvalue weighted by Gasteiger charge is 2.23. The molecule has 76 valence electrons. The molecule has 13 heavy (non-hydrogen) atoms. The van der Waals surface area contributed by atoms with E-state index in [9.17, 15) is 5.11 Å². The van der Waals surface area contributed by atoms with Crippen molar-refractivity contribution in [3.8, 4) is 0 Å². The second-order valence-corrected chi connectivity index (χ2v) is 3.75. The second kappa shape index (κ2) is 4.37. The number of hydrazine groups is 1. The first-order chi connectivity index (χ1) is 6.36. The molecule has 2 saturated heterocycles. The summed E-state index contributed by atoms with van der Waals surface area (Å²) >= 11 is 0. The van der Waals surface area contributed by atoms with Crippen molar-refractivity contribution >= 4 is 0 Å². The van der Waals surface area contributed by atoms with Crippen molar-refractivity contribution in [2.24, 2.45) is 0 Å². The summed E-state index contributed by atoms with van der Waals surface area (Å²) in [5.41, 5.74) is 0. The minimum absolute atomic E-state index is 0.0720. The summed E-state index contributed by atoms with van der Waals surface area (Å²) in [6.45, 7) is 5.71. The van der Waals surface area contributed by atoms with Gasteiger partial charge < -0.3 is 9.84 Å². The monoisotopic (exact) mass is 186 g/mol. The molecule has 0 aromatic rings. The Morgan fingerprint density at radius 1 is 0.923 bits per heavy atom.